The summed E-state index contributed by atoms with van der Waals surface area (Å²) in [5.74, 6) is 1.37. The Hall–Kier alpha value is -1.74. The minimum atomic E-state index is -0.693. The normalized spacial score (nSPS) is 12.8. The maximum atomic E-state index is 10.4. The van der Waals surface area contributed by atoms with Gasteiger partial charge in [0.1, 0.15) is 17.6 Å². The molecule has 1 aromatic rings. The van der Waals surface area contributed by atoms with Crippen molar-refractivity contribution in [1.29, 1.82) is 0 Å². The minimum absolute atomic E-state index is 0.664. The summed E-state index contributed by atoms with van der Waals surface area (Å²) in [6.07, 6.45) is 5.31. The Morgan fingerprint density at radius 2 is 1.90 bits per heavy atom. The summed E-state index contributed by atoms with van der Waals surface area (Å²) in [6.45, 7) is 6.22. The predicted molar refractivity (Wildman–Crippen MR) is 86.9 cm³/mol. The number of rotatable bonds is 7. The van der Waals surface area contributed by atoms with Crippen LogP contribution in [0, 0.1) is 0 Å². The van der Waals surface area contributed by atoms with E-state index < -0.39 is 6.10 Å². The van der Waals surface area contributed by atoms with Gasteiger partial charge in [0.2, 0.25) is 0 Å². The molecule has 1 N–H and O–H groups in total. The van der Waals surface area contributed by atoms with E-state index in [9.17, 15) is 5.11 Å². The lowest BCUT2D eigenvalue weighted by Gasteiger charge is -2.14. The third-order valence-corrected chi connectivity index (χ3v) is 3.29. The van der Waals surface area contributed by atoms with Crippen LogP contribution in [-0.2, 0) is 0 Å². The Morgan fingerprint density at radius 1 is 1.19 bits per heavy atom. The molecular formula is C18H26O3. The van der Waals surface area contributed by atoms with Gasteiger partial charge >= 0.3 is 0 Å². The predicted octanol–water partition coefficient (Wildman–Crippen LogP) is 4.43. The Balaban J connectivity index is 2.86. The van der Waals surface area contributed by atoms with Crippen LogP contribution in [0.5, 0.6) is 11.5 Å². The van der Waals surface area contributed by atoms with Gasteiger partial charge in [0.25, 0.3) is 0 Å². The molecule has 0 aliphatic heterocycles. The number of hydrogen-bond donors (Lipinski definition) is 1. The first-order valence-electron chi connectivity index (χ1n) is 7.18. The van der Waals surface area contributed by atoms with E-state index in [1.165, 1.54) is 5.57 Å². The van der Waals surface area contributed by atoms with E-state index in [0.29, 0.717) is 11.5 Å². The van der Waals surface area contributed by atoms with Crippen molar-refractivity contribution in [2.24, 2.45) is 0 Å². The van der Waals surface area contributed by atoms with E-state index in [-0.39, 0.29) is 0 Å². The summed E-state index contributed by atoms with van der Waals surface area (Å²) in [5, 5.41) is 10.4. The Morgan fingerprint density at radius 3 is 2.48 bits per heavy atom. The van der Waals surface area contributed by atoms with Gasteiger partial charge in [-0.2, -0.15) is 0 Å². The van der Waals surface area contributed by atoms with E-state index in [4.69, 9.17) is 9.47 Å². The Kier molecular flexibility index (Phi) is 7.03. The molecule has 0 aliphatic carbocycles. The van der Waals surface area contributed by atoms with Gasteiger partial charge in [-0.3, -0.25) is 0 Å². The van der Waals surface area contributed by atoms with Crippen LogP contribution in [0.2, 0.25) is 0 Å². The second kappa shape index (κ2) is 8.53. The van der Waals surface area contributed by atoms with Crippen LogP contribution in [0.25, 0.3) is 0 Å². The van der Waals surface area contributed by atoms with Crippen molar-refractivity contribution >= 4 is 0 Å². The highest BCUT2D eigenvalue weighted by atomic mass is 16.5. The molecular weight excluding hydrogens is 264 g/mol. The monoisotopic (exact) mass is 290 g/mol. The number of methoxy groups -OCH3 is 2. The van der Waals surface area contributed by atoms with E-state index >= 15 is 0 Å². The molecule has 1 atom stereocenters. The van der Waals surface area contributed by atoms with Crippen molar-refractivity contribution in [3.63, 3.8) is 0 Å². The lowest BCUT2D eigenvalue weighted by molar-refractivity contribution is 0.221. The number of allylic oxidation sites excluding steroid dienone is 3. The lowest BCUT2D eigenvalue weighted by atomic mass is 10.0. The number of aliphatic hydroxyl groups excluding tert-OH is 1. The van der Waals surface area contributed by atoms with Crippen molar-refractivity contribution in [2.45, 2.75) is 39.7 Å². The highest BCUT2D eigenvalue weighted by Gasteiger charge is 2.12. The average Bonchev–Trinajstić information content (AvgIpc) is 2.45. The van der Waals surface area contributed by atoms with Gasteiger partial charge < -0.3 is 14.6 Å². The number of hydrogen-bond acceptors (Lipinski definition) is 3. The van der Waals surface area contributed by atoms with Gasteiger partial charge in [0.15, 0.2) is 0 Å². The molecule has 0 amide bonds. The zero-order valence-corrected chi connectivity index (χ0v) is 13.6. The van der Waals surface area contributed by atoms with Crippen LogP contribution in [0.3, 0.4) is 0 Å². The molecule has 0 radical (unpaired) electrons. The van der Waals surface area contributed by atoms with Gasteiger partial charge in [0.05, 0.1) is 14.2 Å². The van der Waals surface area contributed by atoms with Gasteiger partial charge in [-0.25, -0.2) is 0 Å². The molecule has 0 saturated heterocycles. The number of benzene rings is 1. The zero-order valence-electron chi connectivity index (χ0n) is 13.6. The Labute approximate surface area is 127 Å². The second-order valence-corrected chi connectivity index (χ2v) is 5.39. The molecule has 1 unspecified atom stereocenters. The van der Waals surface area contributed by atoms with Gasteiger partial charge in [-0.1, -0.05) is 23.3 Å². The fourth-order valence-corrected chi connectivity index (χ4v) is 2.10. The fourth-order valence-electron chi connectivity index (χ4n) is 2.10. The zero-order chi connectivity index (χ0) is 15.8. The number of ether oxygens (including phenoxy) is 2. The maximum absolute atomic E-state index is 10.4. The van der Waals surface area contributed by atoms with Crippen LogP contribution in [-0.4, -0.2) is 19.3 Å². The molecule has 0 spiro atoms. The quantitative estimate of drug-likeness (QED) is 0.755. The molecule has 0 aromatic heterocycles. The summed E-state index contributed by atoms with van der Waals surface area (Å²) in [5.41, 5.74) is 3.20. The smallest absolute Gasteiger partial charge is 0.125 e. The Bertz CT molecular complexity index is 511. The molecule has 116 valence electrons. The summed E-state index contributed by atoms with van der Waals surface area (Å²) in [4.78, 5) is 0. The fraction of sp³-hybridized carbons (Fsp3) is 0.444. The van der Waals surface area contributed by atoms with E-state index in [1.54, 1.807) is 14.2 Å². The molecule has 0 fully saturated rings. The van der Waals surface area contributed by atoms with Crippen LogP contribution < -0.4 is 9.47 Å². The maximum Gasteiger partial charge on any atom is 0.125 e. The van der Waals surface area contributed by atoms with E-state index in [0.717, 1.165) is 24.0 Å². The summed E-state index contributed by atoms with van der Waals surface area (Å²) in [6, 6.07) is 5.44. The largest absolute Gasteiger partial charge is 0.497 e. The van der Waals surface area contributed by atoms with Crippen molar-refractivity contribution in [3.8, 4) is 11.5 Å². The van der Waals surface area contributed by atoms with Gasteiger partial charge in [-0.15, -0.1) is 0 Å². The first-order valence-corrected chi connectivity index (χ1v) is 7.18. The molecule has 0 saturated carbocycles. The van der Waals surface area contributed by atoms with Crippen LogP contribution >= 0.6 is 0 Å². The third kappa shape index (κ3) is 5.64. The summed E-state index contributed by atoms with van der Waals surface area (Å²) in [7, 11) is 3.21. The molecule has 1 rings (SSSR count). The SMILES string of the molecule is COc1ccc(OC)c(C(O)/C=C(\C)CCC=C(C)C)c1. The minimum Gasteiger partial charge on any atom is -0.497 e. The second-order valence-electron chi connectivity index (χ2n) is 5.39. The first kappa shape index (κ1) is 17.3. The summed E-state index contributed by atoms with van der Waals surface area (Å²) < 4.78 is 10.5. The van der Waals surface area contributed by atoms with Crippen LogP contribution in [0.1, 0.15) is 45.3 Å². The highest BCUT2D eigenvalue weighted by molar-refractivity contribution is 5.43. The highest BCUT2D eigenvalue weighted by Crippen LogP contribution is 2.30. The first-order chi connectivity index (χ1) is 9.97. The average molecular weight is 290 g/mol. The summed E-state index contributed by atoms with van der Waals surface area (Å²) >= 11 is 0. The third-order valence-electron chi connectivity index (χ3n) is 3.29. The molecule has 1 aromatic carbocycles. The molecule has 0 aliphatic rings. The molecule has 3 nitrogen and oxygen atoms in total. The van der Waals surface area contributed by atoms with Crippen molar-refractivity contribution in [3.05, 3.63) is 47.1 Å². The van der Waals surface area contributed by atoms with Crippen LogP contribution in [0.15, 0.2) is 41.5 Å². The lowest BCUT2D eigenvalue weighted by Crippen LogP contribution is -1.99. The van der Waals surface area contributed by atoms with Crippen molar-refractivity contribution in [2.75, 3.05) is 14.2 Å². The van der Waals surface area contributed by atoms with Crippen molar-refractivity contribution < 1.29 is 14.6 Å². The molecule has 0 heterocycles. The van der Waals surface area contributed by atoms with Gasteiger partial charge in [-0.05, 0) is 51.8 Å². The number of aliphatic hydroxyl groups is 1. The van der Waals surface area contributed by atoms with E-state index in [2.05, 4.69) is 19.9 Å². The molecule has 0 bridgehead atoms. The van der Waals surface area contributed by atoms with Gasteiger partial charge in [0, 0.05) is 5.56 Å². The van der Waals surface area contributed by atoms with E-state index in [1.807, 2.05) is 31.2 Å². The molecule has 3 heteroatoms. The van der Waals surface area contributed by atoms with Crippen molar-refractivity contribution in [1.82, 2.24) is 0 Å². The van der Waals surface area contributed by atoms with Crippen LogP contribution in [0.4, 0.5) is 0 Å². The molecule has 21 heavy (non-hydrogen) atoms. The standard InChI is InChI=1S/C18H26O3/c1-13(2)7-6-8-14(3)11-17(19)16-12-15(20-4)9-10-18(16)21-5/h7,9-12,17,19H,6,8H2,1-5H3/b14-11+. The topological polar surface area (TPSA) is 38.7 Å².